The first-order valence-corrected chi connectivity index (χ1v) is 11.0. The number of rotatable bonds is 6. The van der Waals surface area contributed by atoms with Crippen LogP contribution in [0.4, 0.5) is 5.82 Å². The summed E-state index contributed by atoms with van der Waals surface area (Å²) in [5.74, 6) is 0.461. The number of carbonyl (C=O) groups excluding carboxylic acids is 1. The van der Waals surface area contributed by atoms with E-state index in [1.54, 1.807) is 6.07 Å². The summed E-state index contributed by atoms with van der Waals surface area (Å²) in [6.45, 7) is 5.23. The second-order valence-corrected chi connectivity index (χ2v) is 8.60. The van der Waals surface area contributed by atoms with Crippen molar-refractivity contribution in [1.82, 2.24) is 19.5 Å². The number of halogens is 1. The van der Waals surface area contributed by atoms with E-state index in [4.69, 9.17) is 16.3 Å². The van der Waals surface area contributed by atoms with E-state index in [0.29, 0.717) is 39.3 Å². The number of H-pyrrole nitrogens is 1. The Morgan fingerprint density at radius 1 is 1.53 bits per heavy atom. The van der Waals surface area contributed by atoms with Gasteiger partial charge in [-0.1, -0.05) is 23.4 Å². The maximum atomic E-state index is 12.7. The van der Waals surface area contributed by atoms with E-state index >= 15 is 0 Å². The molecule has 1 fully saturated rings. The third-order valence-electron chi connectivity index (χ3n) is 5.23. The number of thioether (sulfide) groups is 1. The zero-order valence-electron chi connectivity index (χ0n) is 16.7. The molecule has 0 saturated carbocycles. The Morgan fingerprint density at radius 2 is 2.37 bits per heavy atom. The Balaban J connectivity index is 1.48. The van der Waals surface area contributed by atoms with Crippen LogP contribution in [-0.4, -0.2) is 43.9 Å². The molecule has 0 aliphatic carbocycles. The largest absolute Gasteiger partial charge is 0.376 e. The van der Waals surface area contributed by atoms with E-state index in [9.17, 15) is 10.1 Å². The summed E-state index contributed by atoms with van der Waals surface area (Å²) in [7, 11) is 0. The fraction of sp³-hybridized carbons (Fsp3) is 0.400. The molecule has 0 spiro atoms. The lowest BCUT2D eigenvalue weighted by Gasteiger charge is -2.16. The molecule has 10 heteroatoms. The summed E-state index contributed by atoms with van der Waals surface area (Å²) in [4.78, 5) is 24.3. The SMILES string of the molecule is Cc1c(C#N)c(NC(=O)CSc2nc3ncc(Cl)cc3[nH]2)n(C[C@H]2CCCO2)c1C. The molecule has 156 valence electrons. The topological polar surface area (TPSA) is 109 Å². The van der Waals surface area contributed by atoms with Crippen molar-refractivity contribution in [2.75, 3.05) is 17.7 Å². The lowest BCUT2D eigenvalue weighted by atomic mass is 10.2. The Morgan fingerprint density at radius 3 is 3.10 bits per heavy atom. The zero-order valence-corrected chi connectivity index (χ0v) is 18.2. The lowest BCUT2D eigenvalue weighted by Crippen LogP contribution is -2.22. The fourth-order valence-corrected chi connectivity index (χ4v) is 4.40. The average molecular weight is 445 g/mol. The number of hydrogen-bond acceptors (Lipinski definition) is 6. The second-order valence-electron chi connectivity index (χ2n) is 7.19. The molecule has 3 aromatic rings. The van der Waals surface area contributed by atoms with Gasteiger partial charge in [0.15, 0.2) is 10.8 Å². The second kappa shape index (κ2) is 8.68. The fourth-order valence-electron chi connectivity index (χ4n) is 3.57. The number of amides is 1. The van der Waals surface area contributed by atoms with Crippen LogP contribution < -0.4 is 5.32 Å². The number of carbonyl (C=O) groups is 1. The first kappa shape index (κ1) is 20.7. The molecule has 3 aromatic heterocycles. The molecule has 2 N–H and O–H groups in total. The maximum Gasteiger partial charge on any atom is 0.235 e. The van der Waals surface area contributed by atoms with E-state index in [1.807, 2.05) is 18.4 Å². The molecule has 0 aromatic carbocycles. The molecule has 1 amide bonds. The number of aromatic nitrogens is 4. The van der Waals surface area contributed by atoms with E-state index in [1.165, 1.54) is 18.0 Å². The summed E-state index contributed by atoms with van der Waals surface area (Å²) in [5, 5.41) is 13.7. The number of nitrogens with one attached hydrogen (secondary N) is 2. The van der Waals surface area contributed by atoms with Crippen molar-refractivity contribution in [3.05, 3.63) is 34.1 Å². The number of anilines is 1. The van der Waals surface area contributed by atoms with E-state index in [0.717, 1.165) is 30.7 Å². The number of pyridine rings is 1. The third-order valence-corrected chi connectivity index (χ3v) is 6.31. The normalized spacial score (nSPS) is 16.1. The Labute approximate surface area is 183 Å². The summed E-state index contributed by atoms with van der Waals surface area (Å²) < 4.78 is 7.73. The zero-order chi connectivity index (χ0) is 21.3. The number of aromatic amines is 1. The standard InChI is InChI=1S/C20H21ClN6O2S/c1-11-12(2)27(9-14-4-3-5-29-14)19(15(11)7-22)25-17(28)10-30-20-24-16-6-13(21)8-23-18(16)26-20/h6,8,14H,3-5,9-10H2,1-2H3,(H,25,28)(H,23,24,26)/t14-/m1/s1. The summed E-state index contributed by atoms with van der Waals surface area (Å²) in [5.41, 5.74) is 3.59. The molecule has 4 rings (SSSR count). The van der Waals surface area contributed by atoms with Gasteiger partial charge < -0.3 is 19.6 Å². The molecule has 0 bridgehead atoms. The van der Waals surface area contributed by atoms with E-state index in [-0.39, 0.29) is 17.8 Å². The molecule has 1 atom stereocenters. The van der Waals surface area contributed by atoms with Crippen LogP contribution in [0.25, 0.3) is 11.2 Å². The van der Waals surface area contributed by atoms with E-state index in [2.05, 4.69) is 26.3 Å². The highest BCUT2D eigenvalue weighted by atomic mass is 35.5. The first-order chi connectivity index (χ1) is 14.5. The molecule has 1 aliphatic heterocycles. The van der Waals surface area contributed by atoms with Crippen LogP contribution in [0.1, 0.15) is 29.7 Å². The Kier molecular flexibility index (Phi) is 5.99. The van der Waals surface area contributed by atoms with Crippen LogP contribution in [-0.2, 0) is 16.1 Å². The maximum absolute atomic E-state index is 12.7. The van der Waals surface area contributed by atoms with Crippen molar-refractivity contribution >= 4 is 46.3 Å². The van der Waals surface area contributed by atoms with Crippen molar-refractivity contribution in [2.45, 2.75) is 44.5 Å². The van der Waals surface area contributed by atoms with Crippen molar-refractivity contribution in [3.8, 4) is 6.07 Å². The number of hydrogen-bond donors (Lipinski definition) is 2. The van der Waals surface area contributed by atoms with Crippen molar-refractivity contribution < 1.29 is 9.53 Å². The number of imidazole rings is 1. The molecule has 1 saturated heterocycles. The average Bonchev–Trinajstić information content (AvgIpc) is 3.42. The smallest absolute Gasteiger partial charge is 0.235 e. The van der Waals surface area contributed by atoms with Gasteiger partial charge in [-0.2, -0.15) is 5.26 Å². The predicted octanol–water partition coefficient (Wildman–Crippen LogP) is 3.81. The van der Waals surface area contributed by atoms with Gasteiger partial charge in [0.2, 0.25) is 5.91 Å². The third kappa shape index (κ3) is 4.17. The minimum atomic E-state index is -0.214. The molecule has 0 radical (unpaired) electrons. The van der Waals surface area contributed by atoms with Crippen LogP contribution in [0.15, 0.2) is 17.4 Å². The highest BCUT2D eigenvalue weighted by Crippen LogP contribution is 2.29. The van der Waals surface area contributed by atoms with Crippen LogP contribution in [0.5, 0.6) is 0 Å². The number of nitrogens with zero attached hydrogens (tertiary/aromatic N) is 4. The van der Waals surface area contributed by atoms with Gasteiger partial charge in [-0.05, 0) is 38.3 Å². The van der Waals surface area contributed by atoms with Gasteiger partial charge in [0.1, 0.15) is 11.9 Å². The molecule has 0 unspecified atom stereocenters. The minimum absolute atomic E-state index is 0.0990. The summed E-state index contributed by atoms with van der Waals surface area (Å²) >= 11 is 7.21. The van der Waals surface area contributed by atoms with Gasteiger partial charge in [-0.25, -0.2) is 9.97 Å². The molecule has 30 heavy (non-hydrogen) atoms. The molecular weight excluding hydrogens is 424 g/mol. The highest BCUT2D eigenvalue weighted by molar-refractivity contribution is 7.99. The van der Waals surface area contributed by atoms with Crippen molar-refractivity contribution in [3.63, 3.8) is 0 Å². The number of ether oxygens (including phenoxy) is 1. The molecular formula is C20H21ClN6O2S. The van der Waals surface area contributed by atoms with Crippen molar-refractivity contribution in [2.24, 2.45) is 0 Å². The predicted molar refractivity (Wildman–Crippen MR) is 116 cm³/mol. The van der Waals surface area contributed by atoms with Crippen LogP contribution >= 0.6 is 23.4 Å². The molecule has 8 nitrogen and oxygen atoms in total. The van der Waals surface area contributed by atoms with Gasteiger partial charge in [0, 0.05) is 18.5 Å². The quantitative estimate of drug-likeness (QED) is 0.559. The van der Waals surface area contributed by atoms with E-state index < -0.39 is 0 Å². The van der Waals surface area contributed by atoms with Gasteiger partial charge in [0.05, 0.1) is 34.5 Å². The number of nitriles is 1. The minimum Gasteiger partial charge on any atom is -0.376 e. The van der Waals surface area contributed by atoms with Crippen molar-refractivity contribution in [1.29, 1.82) is 5.26 Å². The highest BCUT2D eigenvalue weighted by Gasteiger charge is 2.24. The van der Waals surface area contributed by atoms with Crippen LogP contribution in [0, 0.1) is 25.2 Å². The van der Waals surface area contributed by atoms with Crippen LogP contribution in [0.2, 0.25) is 5.02 Å². The Bertz CT molecular complexity index is 1140. The van der Waals surface area contributed by atoms with Crippen LogP contribution in [0.3, 0.4) is 0 Å². The van der Waals surface area contributed by atoms with Gasteiger partial charge in [-0.3, -0.25) is 4.79 Å². The number of fused-ring (bicyclic) bond motifs is 1. The summed E-state index contributed by atoms with van der Waals surface area (Å²) in [6, 6.07) is 3.97. The lowest BCUT2D eigenvalue weighted by molar-refractivity contribution is -0.113. The van der Waals surface area contributed by atoms with Gasteiger partial charge >= 0.3 is 0 Å². The molecule has 4 heterocycles. The monoisotopic (exact) mass is 444 g/mol. The molecule has 1 aliphatic rings. The van der Waals surface area contributed by atoms with Gasteiger partial charge in [0.25, 0.3) is 0 Å². The van der Waals surface area contributed by atoms with Gasteiger partial charge in [-0.15, -0.1) is 0 Å². The Hall–Kier alpha value is -2.54. The first-order valence-electron chi connectivity index (χ1n) is 9.61. The summed E-state index contributed by atoms with van der Waals surface area (Å²) in [6.07, 6.45) is 3.64.